The molecule has 0 spiro atoms. The molecule has 2 rings (SSSR count). The van der Waals surface area contributed by atoms with E-state index in [4.69, 9.17) is 28.1 Å². The highest BCUT2D eigenvalue weighted by molar-refractivity contribution is 7.32. The predicted octanol–water partition coefficient (Wildman–Crippen LogP) is 5.21. The first-order valence-corrected chi connectivity index (χ1v) is 16.1. The van der Waals surface area contributed by atoms with E-state index in [0.29, 0.717) is 43.6 Å². The SMILES string of the molecule is CCCCCC(C(=O)NCNC(=O)c1ccc(-c2cc(OCC)cc(O[PH](=O)O)c2)o1)C(CC)N(C=O)OC(=O)OC(C)(C)C. The van der Waals surface area contributed by atoms with Crippen molar-refractivity contribution in [2.45, 2.75) is 85.3 Å². The van der Waals surface area contributed by atoms with E-state index in [1.54, 1.807) is 46.8 Å². The molecule has 3 unspecified atom stereocenters. The average Bonchev–Trinajstić information content (AvgIpc) is 3.45. The summed E-state index contributed by atoms with van der Waals surface area (Å²) >= 11 is 0. The van der Waals surface area contributed by atoms with Crippen molar-refractivity contribution < 1.29 is 51.9 Å². The lowest BCUT2D eigenvalue weighted by atomic mass is 9.90. The van der Waals surface area contributed by atoms with Crippen molar-refractivity contribution in [2.75, 3.05) is 13.3 Å². The lowest BCUT2D eigenvalue weighted by Crippen LogP contribution is -2.49. The van der Waals surface area contributed by atoms with Crippen LogP contribution in [0, 0.1) is 5.92 Å². The number of benzene rings is 1. The number of hydrogen-bond donors (Lipinski definition) is 3. The number of carbonyl (C=O) groups excluding carboxylic acids is 4. The average molecular weight is 654 g/mol. The lowest BCUT2D eigenvalue weighted by Gasteiger charge is -2.32. The third-order valence-electron chi connectivity index (χ3n) is 6.36. The van der Waals surface area contributed by atoms with Gasteiger partial charge in [0.25, 0.3) is 5.91 Å². The van der Waals surface area contributed by atoms with Crippen LogP contribution in [0.4, 0.5) is 4.79 Å². The molecule has 3 atom stereocenters. The van der Waals surface area contributed by atoms with Crippen LogP contribution in [0.15, 0.2) is 34.7 Å². The van der Waals surface area contributed by atoms with Gasteiger partial charge in [-0.2, -0.15) is 5.06 Å². The van der Waals surface area contributed by atoms with Gasteiger partial charge in [0, 0.05) is 11.6 Å². The zero-order valence-corrected chi connectivity index (χ0v) is 27.5. The maximum atomic E-state index is 13.3. The second-order valence-corrected chi connectivity index (χ2v) is 11.7. The van der Waals surface area contributed by atoms with Crippen molar-refractivity contribution >= 4 is 32.6 Å². The quantitative estimate of drug-likeness (QED) is 0.0479. The first-order valence-electron chi connectivity index (χ1n) is 14.8. The zero-order chi connectivity index (χ0) is 33.6. The van der Waals surface area contributed by atoms with E-state index in [1.165, 1.54) is 18.2 Å². The first-order chi connectivity index (χ1) is 21.3. The van der Waals surface area contributed by atoms with Gasteiger partial charge in [0.05, 0.1) is 25.2 Å². The molecule has 250 valence electrons. The number of carbonyl (C=O) groups is 4. The molecule has 0 fully saturated rings. The second-order valence-electron chi connectivity index (χ2n) is 11.0. The van der Waals surface area contributed by atoms with Crippen molar-refractivity contribution in [1.29, 1.82) is 0 Å². The fourth-order valence-corrected chi connectivity index (χ4v) is 4.76. The van der Waals surface area contributed by atoms with Gasteiger partial charge >= 0.3 is 14.4 Å². The Labute approximate surface area is 263 Å². The number of amides is 3. The Balaban J connectivity index is 2.11. The molecule has 1 aromatic heterocycles. The van der Waals surface area contributed by atoms with E-state index < -0.39 is 43.8 Å². The highest BCUT2D eigenvalue weighted by Crippen LogP contribution is 2.34. The molecule has 0 aliphatic carbocycles. The van der Waals surface area contributed by atoms with Gasteiger partial charge in [0.2, 0.25) is 12.3 Å². The standard InChI is InChI=1S/C30H44N3O11P/c1-7-10-11-12-23(24(8-2)33(19-34)43-29(37)42-30(4,5)6)27(35)31-18-32-28(36)26-14-13-25(41-26)20-15-21(40-9-3)17-22(16-20)44-45(38)39/h13-17,19,23-24,45H,7-12,18H2,1-6H3,(H,31,35)(H,32,36)(H,38,39). The number of hydrogen-bond acceptors (Lipinski definition) is 10. The van der Waals surface area contributed by atoms with Crippen LogP contribution in [-0.2, 0) is 23.7 Å². The van der Waals surface area contributed by atoms with Gasteiger partial charge < -0.3 is 38.8 Å². The van der Waals surface area contributed by atoms with Crippen LogP contribution < -0.4 is 19.9 Å². The van der Waals surface area contributed by atoms with Gasteiger partial charge in [-0.3, -0.25) is 14.4 Å². The molecule has 1 heterocycles. The smallest absolute Gasteiger partial charge is 0.494 e. The summed E-state index contributed by atoms with van der Waals surface area (Å²) in [6.07, 6.45) is 2.45. The van der Waals surface area contributed by atoms with Crippen molar-refractivity contribution in [3.05, 3.63) is 36.1 Å². The highest BCUT2D eigenvalue weighted by atomic mass is 31.1. The van der Waals surface area contributed by atoms with Crippen molar-refractivity contribution in [2.24, 2.45) is 5.92 Å². The van der Waals surface area contributed by atoms with Gasteiger partial charge in [0.1, 0.15) is 22.9 Å². The van der Waals surface area contributed by atoms with Gasteiger partial charge in [-0.05, 0) is 64.8 Å². The molecule has 14 nitrogen and oxygen atoms in total. The minimum Gasteiger partial charge on any atom is -0.494 e. The van der Waals surface area contributed by atoms with Crippen LogP contribution in [0.5, 0.6) is 11.5 Å². The molecular formula is C30H44N3O11P. The Kier molecular flexibility index (Phi) is 14.9. The fourth-order valence-electron chi connectivity index (χ4n) is 4.44. The van der Waals surface area contributed by atoms with E-state index >= 15 is 0 Å². The maximum Gasteiger partial charge on any atom is 0.534 e. The fraction of sp³-hybridized carbons (Fsp3) is 0.533. The zero-order valence-electron chi connectivity index (χ0n) is 26.5. The number of ether oxygens (including phenoxy) is 2. The monoisotopic (exact) mass is 653 g/mol. The number of rotatable bonds is 18. The summed E-state index contributed by atoms with van der Waals surface area (Å²) in [6, 6.07) is 6.76. The van der Waals surface area contributed by atoms with Crippen LogP contribution >= 0.6 is 8.25 Å². The number of unbranched alkanes of at least 4 members (excludes halogenated alkanes) is 2. The van der Waals surface area contributed by atoms with Gasteiger partial charge in [-0.1, -0.05) is 33.1 Å². The van der Waals surface area contributed by atoms with E-state index in [9.17, 15) is 23.7 Å². The van der Waals surface area contributed by atoms with Crippen LogP contribution in [0.3, 0.4) is 0 Å². The largest absolute Gasteiger partial charge is 0.534 e. The molecule has 45 heavy (non-hydrogen) atoms. The number of furan rings is 1. The van der Waals surface area contributed by atoms with E-state index in [2.05, 4.69) is 10.6 Å². The summed E-state index contributed by atoms with van der Waals surface area (Å²) in [6.45, 7) is 10.6. The maximum absolute atomic E-state index is 13.3. The third-order valence-corrected chi connectivity index (χ3v) is 6.77. The van der Waals surface area contributed by atoms with Crippen molar-refractivity contribution in [3.8, 4) is 22.8 Å². The van der Waals surface area contributed by atoms with Crippen LogP contribution in [0.1, 0.15) is 84.2 Å². The summed E-state index contributed by atoms with van der Waals surface area (Å²) in [5.41, 5.74) is -0.397. The molecule has 15 heteroatoms. The predicted molar refractivity (Wildman–Crippen MR) is 165 cm³/mol. The Morgan fingerprint density at radius 2 is 1.78 bits per heavy atom. The molecule has 0 aliphatic heterocycles. The molecule has 3 amide bonds. The molecule has 2 aromatic rings. The Bertz CT molecular complexity index is 1310. The second kappa shape index (κ2) is 18.1. The van der Waals surface area contributed by atoms with Gasteiger partial charge in [0.15, 0.2) is 5.76 Å². The Morgan fingerprint density at radius 3 is 2.38 bits per heavy atom. The summed E-state index contributed by atoms with van der Waals surface area (Å²) in [5, 5.41) is 6.05. The van der Waals surface area contributed by atoms with Crippen LogP contribution in [0.2, 0.25) is 0 Å². The van der Waals surface area contributed by atoms with E-state index in [1.807, 2.05) is 6.92 Å². The Morgan fingerprint density at radius 1 is 1.07 bits per heavy atom. The van der Waals surface area contributed by atoms with E-state index in [-0.39, 0.29) is 23.9 Å². The van der Waals surface area contributed by atoms with Crippen molar-refractivity contribution in [1.82, 2.24) is 15.7 Å². The minimum atomic E-state index is -3.26. The van der Waals surface area contributed by atoms with Crippen LogP contribution in [0.25, 0.3) is 11.3 Å². The van der Waals surface area contributed by atoms with Crippen molar-refractivity contribution in [3.63, 3.8) is 0 Å². The van der Waals surface area contributed by atoms with E-state index in [0.717, 1.165) is 17.9 Å². The summed E-state index contributed by atoms with van der Waals surface area (Å²) in [4.78, 5) is 64.6. The normalized spacial score (nSPS) is 13.1. The molecule has 0 saturated carbocycles. The molecule has 3 N–H and O–H groups in total. The lowest BCUT2D eigenvalue weighted by molar-refractivity contribution is -0.182. The molecule has 1 aromatic carbocycles. The molecule has 0 radical (unpaired) electrons. The van der Waals surface area contributed by atoms with Gasteiger partial charge in [-0.25, -0.2) is 9.36 Å². The molecule has 0 saturated heterocycles. The summed E-state index contributed by atoms with van der Waals surface area (Å²) < 4.78 is 32.5. The number of nitrogens with one attached hydrogen (secondary N) is 2. The first kappa shape index (κ1) is 37.2. The minimum absolute atomic E-state index is 0.0527. The summed E-state index contributed by atoms with van der Waals surface area (Å²) in [5.74, 6) is -1.11. The van der Waals surface area contributed by atoms with Gasteiger partial charge in [-0.15, -0.1) is 0 Å². The number of nitrogens with zero attached hydrogens (tertiary/aromatic N) is 1. The Hall–Kier alpha value is -4.03. The highest BCUT2D eigenvalue weighted by Gasteiger charge is 2.34. The molecule has 0 bridgehead atoms. The topological polar surface area (TPSA) is 183 Å². The third kappa shape index (κ3) is 12.5. The molecule has 0 aliphatic rings. The summed E-state index contributed by atoms with van der Waals surface area (Å²) in [7, 11) is -3.26. The molecular weight excluding hydrogens is 609 g/mol. The van der Waals surface area contributed by atoms with Crippen LogP contribution in [-0.4, -0.2) is 59.3 Å². The number of hydroxylamine groups is 2.